The van der Waals surface area contributed by atoms with Crippen molar-refractivity contribution in [1.82, 2.24) is 0 Å². The smallest absolute Gasteiger partial charge is 0.237 e. The van der Waals surface area contributed by atoms with Gasteiger partial charge >= 0.3 is 0 Å². The first kappa shape index (κ1) is 15.5. The van der Waals surface area contributed by atoms with Gasteiger partial charge in [0.25, 0.3) is 0 Å². The van der Waals surface area contributed by atoms with Crippen LogP contribution in [0.25, 0.3) is 0 Å². The largest absolute Gasteiger partial charge is 0.398 e. The van der Waals surface area contributed by atoms with Crippen LogP contribution in [-0.2, 0) is 15.6 Å². The lowest BCUT2D eigenvalue weighted by molar-refractivity contribution is -0.113. The Hall–Kier alpha value is -1.92. The fourth-order valence-corrected chi connectivity index (χ4v) is 2.90. The molecule has 0 heterocycles. The van der Waals surface area contributed by atoms with Gasteiger partial charge in [-0.25, -0.2) is 4.39 Å². The zero-order chi connectivity index (χ0) is 15.4. The van der Waals surface area contributed by atoms with Crippen LogP contribution in [0.15, 0.2) is 47.4 Å². The number of nitrogen functional groups attached to an aromatic ring is 1. The third kappa shape index (κ3) is 4.27. The molecule has 1 amide bonds. The van der Waals surface area contributed by atoms with E-state index in [9.17, 15) is 13.4 Å². The van der Waals surface area contributed by atoms with Gasteiger partial charge in [-0.15, -0.1) is 0 Å². The van der Waals surface area contributed by atoms with Gasteiger partial charge in [-0.1, -0.05) is 17.7 Å². The fraction of sp³-hybridized carbons (Fsp3) is 0.0714. The predicted octanol–water partition coefficient (Wildman–Crippen LogP) is 2.81. The summed E-state index contributed by atoms with van der Waals surface area (Å²) >= 11 is 5.80. The minimum atomic E-state index is -1.72. The van der Waals surface area contributed by atoms with Crippen molar-refractivity contribution in [3.05, 3.63) is 53.3 Å². The third-order valence-corrected chi connectivity index (χ3v) is 4.20. The molecule has 2 aromatic rings. The molecule has 0 spiro atoms. The first-order valence-electron chi connectivity index (χ1n) is 5.94. The SMILES string of the molecule is Nc1ccc(F)cc1S(=O)CC(=O)Nc1cccc(Cl)c1. The number of nitrogens with two attached hydrogens (primary N) is 1. The van der Waals surface area contributed by atoms with Gasteiger partial charge in [0.05, 0.1) is 15.7 Å². The molecule has 3 N–H and O–H groups in total. The number of rotatable bonds is 4. The zero-order valence-electron chi connectivity index (χ0n) is 10.8. The second kappa shape index (κ2) is 6.69. The topological polar surface area (TPSA) is 72.2 Å². The summed E-state index contributed by atoms with van der Waals surface area (Å²) in [5, 5.41) is 3.04. The van der Waals surface area contributed by atoms with Crippen LogP contribution in [0.2, 0.25) is 5.02 Å². The maximum Gasteiger partial charge on any atom is 0.237 e. The second-order valence-corrected chi connectivity index (χ2v) is 6.09. The van der Waals surface area contributed by atoms with Crippen molar-refractivity contribution in [1.29, 1.82) is 0 Å². The van der Waals surface area contributed by atoms with Gasteiger partial charge in [0, 0.05) is 16.4 Å². The Morgan fingerprint density at radius 2 is 2.05 bits per heavy atom. The summed E-state index contributed by atoms with van der Waals surface area (Å²) in [5.74, 6) is -1.35. The summed E-state index contributed by atoms with van der Waals surface area (Å²) in [5.41, 5.74) is 6.31. The molecule has 1 atom stereocenters. The lowest BCUT2D eigenvalue weighted by Crippen LogP contribution is -2.20. The Balaban J connectivity index is 2.05. The van der Waals surface area contributed by atoms with Crippen molar-refractivity contribution >= 4 is 39.7 Å². The second-order valence-electron chi connectivity index (χ2n) is 4.23. The summed E-state index contributed by atoms with van der Waals surface area (Å²) in [6.07, 6.45) is 0. The molecular formula is C14H12ClFN2O2S. The highest BCUT2D eigenvalue weighted by atomic mass is 35.5. The third-order valence-electron chi connectivity index (χ3n) is 2.59. The van der Waals surface area contributed by atoms with E-state index in [1.165, 1.54) is 12.1 Å². The van der Waals surface area contributed by atoms with E-state index in [2.05, 4.69) is 5.32 Å². The van der Waals surface area contributed by atoms with Crippen molar-refractivity contribution in [3.63, 3.8) is 0 Å². The quantitative estimate of drug-likeness (QED) is 0.849. The van der Waals surface area contributed by atoms with Crippen LogP contribution in [0, 0.1) is 5.82 Å². The van der Waals surface area contributed by atoms with E-state index in [0.29, 0.717) is 10.7 Å². The molecule has 21 heavy (non-hydrogen) atoms. The number of carbonyl (C=O) groups is 1. The van der Waals surface area contributed by atoms with E-state index >= 15 is 0 Å². The molecule has 0 bridgehead atoms. The first-order chi connectivity index (χ1) is 9.95. The van der Waals surface area contributed by atoms with Crippen molar-refractivity contribution < 1.29 is 13.4 Å². The van der Waals surface area contributed by atoms with Gasteiger partial charge < -0.3 is 11.1 Å². The van der Waals surface area contributed by atoms with E-state index in [4.69, 9.17) is 17.3 Å². The van der Waals surface area contributed by atoms with Crippen LogP contribution in [0.4, 0.5) is 15.8 Å². The van der Waals surface area contributed by atoms with E-state index < -0.39 is 22.5 Å². The number of benzene rings is 2. The summed E-state index contributed by atoms with van der Waals surface area (Å²) in [6.45, 7) is 0. The normalized spacial score (nSPS) is 11.9. The summed E-state index contributed by atoms with van der Waals surface area (Å²) < 4.78 is 25.2. The highest BCUT2D eigenvalue weighted by Crippen LogP contribution is 2.19. The van der Waals surface area contributed by atoms with Crippen LogP contribution in [0.5, 0.6) is 0 Å². The Morgan fingerprint density at radius 1 is 1.29 bits per heavy atom. The molecule has 1 unspecified atom stereocenters. The molecule has 2 aromatic carbocycles. The first-order valence-corrected chi connectivity index (χ1v) is 7.64. The Kier molecular flexibility index (Phi) is 4.93. The summed E-state index contributed by atoms with van der Waals surface area (Å²) in [6, 6.07) is 10.1. The number of nitrogens with one attached hydrogen (secondary N) is 1. The van der Waals surface area contributed by atoms with Gasteiger partial charge in [0.1, 0.15) is 11.6 Å². The fourth-order valence-electron chi connectivity index (χ4n) is 1.67. The number of anilines is 2. The zero-order valence-corrected chi connectivity index (χ0v) is 12.4. The van der Waals surface area contributed by atoms with Crippen molar-refractivity contribution in [2.24, 2.45) is 0 Å². The van der Waals surface area contributed by atoms with E-state index in [0.717, 1.165) is 6.07 Å². The molecular weight excluding hydrogens is 315 g/mol. The maximum atomic E-state index is 13.1. The summed E-state index contributed by atoms with van der Waals surface area (Å²) in [7, 11) is -1.72. The lowest BCUT2D eigenvalue weighted by atomic mass is 10.3. The highest BCUT2D eigenvalue weighted by Gasteiger charge is 2.14. The number of carbonyl (C=O) groups excluding carboxylic acids is 1. The Bertz CT molecular complexity index is 709. The van der Waals surface area contributed by atoms with Gasteiger partial charge in [-0.05, 0) is 36.4 Å². The monoisotopic (exact) mass is 326 g/mol. The maximum absolute atomic E-state index is 13.1. The standard InChI is InChI=1S/C14H12ClFN2O2S/c15-9-2-1-3-11(6-9)18-14(19)8-21(20)13-7-10(16)4-5-12(13)17/h1-7H,8,17H2,(H,18,19). The van der Waals surface area contributed by atoms with Crippen LogP contribution in [0.1, 0.15) is 0 Å². The Morgan fingerprint density at radius 3 is 2.76 bits per heavy atom. The molecule has 0 saturated carbocycles. The lowest BCUT2D eigenvalue weighted by Gasteiger charge is -2.07. The van der Waals surface area contributed by atoms with Crippen LogP contribution < -0.4 is 11.1 Å². The number of amides is 1. The number of hydrogen-bond donors (Lipinski definition) is 2. The van der Waals surface area contributed by atoms with Crippen LogP contribution in [-0.4, -0.2) is 15.9 Å². The molecule has 7 heteroatoms. The molecule has 2 rings (SSSR count). The van der Waals surface area contributed by atoms with Crippen molar-refractivity contribution in [2.75, 3.05) is 16.8 Å². The average Bonchev–Trinajstić information content (AvgIpc) is 2.41. The summed E-state index contributed by atoms with van der Waals surface area (Å²) in [4.78, 5) is 11.9. The minimum absolute atomic E-state index is 0.108. The van der Waals surface area contributed by atoms with E-state index in [-0.39, 0.29) is 16.3 Å². The molecule has 0 aliphatic carbocycles. The van der Waals surface area contributed by atoms with E-state index in [1.807, 2.05) is 0 Å². The van der Waals surface area contributed by atoms with Crippen molar-refractivity contribution in [3.8, 4) is 0 Å². The van der Waals surface area contributed by atoms with Gasteiger partial charge in [0.2, 0.25) is 5.91 Å². The van der Waals surface area contributed by atoms with Crippen molar-refractivity contribution in [2.45, 2.75) is 4.90 Å². The molecule has 0 radical (unpaired) electrons. The van der Waals surface area contributed by atoms with Gasteiger partial charge in [-0.3, -0.25) is 9.00 Å². The molecule has 0 aromatic heterocycles. The van der Waals surface area contributed by atoms with Gasteiger partial charge in [0.15, 0.2) is 0 Å². The molecule has 110 valence electrons. The molecule has 0 aliphatic rings. The van der Waals surface area contributed by atoms with Crippen LogP contribution >= 0.6 is 11.6 Å². The van der Waals surface area contributed by atoms with Crippen LogP contribution in [0.3, 0.4) is 0 Å². The number of hydrogen-bond acceptors (Lipinski definition) is 3. The predicted molar refractivity (Wildman–Crippen MR) is 82.2 cm³/mol. The molecule has 0 fully saturated rings. The van der Waals surface area contributed by atoms with Gasteiger partial charge in [-0.2, -0.15) is 0 Å². The minimum Gasteiger partial charge on any atom is -0.398 e. The molecule has 4 nitrogen and oxygen atoms in total. The average molecular weight is 327 g/mol. The Labute approximate surface area is 128 Å². The van der Waals surface area contributed by atoms with E-state index in [1.54, 1.807) is 24.3 Å². The molecule has 0 aliphatic heterocycles. The number of halogens is 2. The molecule has 0 saturated heterocycles. The highest BCUT2D eigenvalue weighted by molar-refractivity contribution is 7.86.